The van der Waals surface area contributed by atoms with Crippen LogP contribution in [0.4, 0.5) is 0 Å². The minimum atomic E-state index is 1.13. The van der Waals surface area contributed by atoms with Gasteiger partial charge in [-0.1, -0.05) is 61.7 Å². The van der Waals surface area contributed by atoms with Gasteiger partial charge in [-0.25, -0.2) is 0 Å². The molecule has 22 heavy (non-hydrogen) atoms. The first-order chi connectivity index (χ1) is 10.8. The summed E-state index contributed by atoms with van der Waals surface area (Å²) in [4.78, 5) is 0. The normalized spacial score (nSPS) is 11.1. The summed E-state index contributed by atoms with van der Waals surface area (Å²) < 4.78 is 0. The summed E-state index contributed by atoms with van der Waals surface area (Å²) in [6.45, 7) is 7.87. The van der Waals surface area contributed by atoms with Crippen LogP contribution in [0, 0.1) is 0 Å². The fourth-order valence-electron chi connectivity index (χ4n) is 3.21. The Kier molecular flexibility index (Phi) is 2.83. The maximum absolute atomic E-state index is 3.97. The van der Waals surface area contributed by atoms with Gasteiger partial charge in [0.1, 0.15) is 0 Å². The smallest absolute Gasteiger partial charge is 0.00992 e. The number of rotatable bonds is 2. The van der Waals surface area contributed by atoms with E-state index in [0.29, 0.717) is 0 Å². The third-order valence-electron chi connectivity index (χ3n) is 4.34. The maximum atomic E-state index is 3.97. The summed E-state index contributed by atoms with van der Waals surface area (Å²) in [5.41, 5.74) is 2.28. The molecule has 0 amide bonds. The second-order valence-corrected chi connectivity index (χ2v) is 5.60. The molecular formula is C22H16. The highest BCUT2D eigenvalue weighted by atomic mass is 14.1. The Hall–Kier alpha value is -2.86. The Morgan fingerprint density at radius 3 is 1.86 bits per heavy atom. The zero-order chi connectivity index (χ0) is 15.1. The van der Waals surface area contributed by atoms with E-state index in [2.05, 4.69) is 73.8 Å². The first-order valence-corrected chi connectivity index (χ1v) is 7.44. The number of hydrogen-bond acceptors (Lipinski definition) is 0. The molecule has 0 unspecified atom stereocenters. The minimum Gasteiger partial charge on any atom is -0.0984 e. The average molecular weight is 280 g/mol. The highest BCUT2D eigenvalue weighted by molar-refractivity contribution is 6.07. The van der Waals surface area contributed by atoms with E-state index < -0.39 is 0 Å². The van der Waals surface area contributed by atoms with E-state index in [-0.39, 0.29) is 0 Å². The predicted octanol–water partition coefficient (Wildman–Crippen LogP) is 6.43. The van der Waals surface area contributed by atoms with Crippen LogP contribution in [0.5, 0.6) is 0 Å². The van der Waals surface area contributed by atoms with Gasteiger partial charge >= 0.3 is 0 Å². The Morgan fingerprint density at radius 1 is 0.591 bits per heavy atom. The summed E-state index contributed by atoms with van der Waals surface area (Å²) in [6.07, 6.45) is 3.81. The summed E-state index contributed by atoms with van der Waals surface area (Å²) in [5, 5.41) is 7.55. The van der Waals surface area contributed by atoms with Crippen molar-refractivity contribution in [3.63, 3.8) is 0 Å². The number of benzene rings is 4. The Balaban J connectivity index is 2.16. The molecule has 4 aromatic rings. The van der Waals surface area contributed by atoms with Crippen molar-refractivity contribution in [1.82, 2.24) is 0 Å². The van der Waals surface area contributed by atoms with Crippen LogP contribution in [-0.2, 0) is 0 Å². The van der Waals surface area contributed by atoms with E-state index in [1.54, 1.807) is 0 Å². The molecule has 0 atom stereocenters. The van der Waals surface area contributed by atoms with Crippen LogP contribution in [0.1, 0.15) is 11.1 Å². The zero-order valence-electron chi connectivity index (χ0n) is 12.3. The van der Waals surface area contributed by atoms with Crippen LogP contribution in [0.25, 0.3) is 44.5 Å². The largest absolute Gasteiger partial charge is 0.0984 e. The van der Waals surface area contributed by atoms with Gasteiger partial charge < -0.3 is 0 Å². The molecule has 0 spiro atoms. The van der Waals surface area contributed by atoms with Crippen LogP contribution < -0.4 is 0 Å². The predicted molar refractivity (Wildman–Crippen MR) is 99.1 cm³/mol. The van der Waals surface area contributed by atoms with Crippen LogP contribution >= 0.6 is 0 Å². The molecule has 0 aliphatic rings. The van der Waals surface area contributed by atoms with E-state index in [4.69, 9.17) is 0 Å². The zero-order valence-corrected chi connectivity index (χ0v) is 12.3. The summed E-state index contributed by atoms with van der Waals surface area (Å²) >= 11 is 0. The Bertz CT molecular complexity index is 1050. The Labute approximate surface area is 130 Å². The molecule has 0 saturated carbocycles. The van der Waals surface area contributed by atoms with E-state index in [9.17, 15) is 0 Å². The lowest BCUT2D eigenvalue weighted by Gasteiger charge is -2.10. The summed E-state index contributed by atoms with van der Waals surface area (Å²) in [6, 6.07) is 21.8. The first kappa shape index (κ1) is 12.8. The van der Waals surface area contributed by atoms with Gasteiger partial charge in [-0.3, -0.25) is 0 Å². The molecule has 4 rings (SSSR count). The SMILES string of the molecule is C=Cc1ccc2cc3cc4ccccc4cc3cc2c1C=C. The van der Waals surface area contributed by atoms with Gasteiger partial charge in [0, 0.05) is 0 Å². The molecule has 0 aliphatic carbocycles. The molecule has 0 bridgehead atoms. The highest BCUT2D eigenvalue weighted by Gasteiger charge is 2.05. The Morgan fingerprint density at radius 2 is 1.23 bits per heavy atom. The second kappa shape index (κ2) is 4.85. The fourth-order valence-corrected chi connectivity index (χ4v) is 3.21. The molecule has 0 heteroatoms. The lowest BCUT2D eigenvalue weighted by atomic mass is 9.94. The van der Waals surface area contributed by atoms with Gasteiger partial charge in [0.25, 0.3) is 0 Å². The third kappa shape index (κ3) is 1.85. The molecule has 0 fully saturated rings. The molecule has 0 N–H and O–H groups in total. The van der Waals surface area contributed by atoms with Crippen molar-refractivity contribution in [2.75, 3.05) is 0 Å². The first-order valence-electron chi connectivity index (χ1n) is 7.44. The molecule has 0 saturated heterocycles. The third-order valence-corrected chi connectivity index (χ3v) is 4.34. The summed E-state index contributed by atoms with van der Waals surface area (Å²) in [5.74, 6) is 0. The van der Waals surface area contributed by atoms with Gasteiger partial charge in [0.05, 0.1) is 0 Å². The molecule has 0 nitrogen and oxygen atoms in total. The molecule has 0 radical (unpaired) electrons. The molecule has 0 aromatic heterocycles. The molecular weight excluding hydrogens is 264 g/mol. The second-order valence-electron chi connectivity index (χ2n) is 5.60. The minimum absolute atomic E-state index is 1.13. The maximum Gasteiger partial charge on any atom is -0.00992 e. The van der Waals surface area contributed by atoms with Crippen molar-refractivity contribution in [3.05, 3.63) is 84.9 Å². The van der Waals surface area contributed by atoms with E-state index >= 15 is 0 Å². The van der Waals surface area contributed by atoms with Crippen molar-refractivity contribution < 1.29 is 0 Å². The van der Waals surface area contributed by atoms with Crippen molar-refractivity contribution in [1.29, 1.82) is 0 Å². The van der Waals surface area contributed by atoms with Crippen molar-refractivity contribution in [2.24, 2.45) is 0 Å². The van der Waals surface area contributed by atoms with Gasteiger partial charge in [-0.2, -0.15) is 0 Å². The van der Waals surface area contributed by atoms with Crippen LogP contribution in [0.2, 0.25) is 0 Å². The monoisotopic (exact) mass is 280 g/mol. The standard InChI is InChI=1S/C22H16/c1-3-15-9-10-18-13-19-11-16-7-5-6-8-17(16)12-20(19)14-22(18)21(15)4-2/h3-14H,1-2H2. The van der Waals surface area contributed by atoms with Gasteiger partial charge in [-0.15, -0.1) is 0 Å². The van der Waals surface area contributed by atoms with Gasteiger partial charge in [0.15, 0.2) is 0 Å². The van der Waals surface area contributed by atoms with Gasteiger partial charge in [0.2, 0.25) is 0 Å². The van der Waals surface area contributed by atoms with E-state index in [0.717, 1.165) is 11.1 Å². The topological polar surface area (TPSA) is 0 Å². The summed E-state index contributed by atoms with van der Waals surface area (Å²) in [7, 11) is 0. The average Bonchev–Trinajstić information content (AvgIpc) is 2.57. The number of hydrogen-bond donors (Lipinski definition) is 0. The van der Waals surface area contributed by atoms with Gasteiger partial charge in [-0.05, 0) is 67.7 Å². The van der Waals surface area contributed by atoms with Crippen molar-refractivity contribution >= 4 is 44.5 Å². The van der Waals surface area contributed by atoms with Crippen LogP contribution in [-0.4, -0.2) is 0 Å². The van der Waals surface area contributed by atoms with Crippen LogP contribution in [0.15, 0.2) is 73.8 Å². The quantitative estimate of drug-likeness (QED) is 0.371. The van der Waals surface area contributed by atoms with Crippen molar-refractivity contribution in [2.45, 2.75) is 0 Å². The lowest BCUT2D eigenvalue weighted by Crippen LogP contribution is -1.85. The van der Waals surface area contributed by atoms with Crippen LogP contribution in [0.3, 0.4) is 0 Å². The highest BCUT2D eigenvalue weighted by Crippen LogP contribution is 2.31. The molecule has 104 valence electrons. The molecule has 0 aliphatic heterocycles. The van der Waals surface area contributed by atoms with E-state index in [1.807, 2.05) is 12.2 Å². The number of fused-ring (bicyclic) bond motifs is 3. The fraction of sp³-hybridized carbons (Fsp3) is 0. The molecule has 0 heterocycles. The molecule has 4 aromatic carbocycles. The van der Waals surface area contributed by atoms with E-state index in [1.165, 1.54) is 32.3 Å². The lowest BCUT2D eigenvalue weighted by molar-refractivity contribution is 1.69. The van der Waals surface area contributed by atoms with Crippen molar-refractivity contribution in [3.8, 4) is 0 Å².